The summed E-state index contributed by atoms with van der Waals surface area (Å²) >= 11 is 12.2. The molecule has 0 unspecified atom stereocenters. The summed E-state index contributed by atoms with van der Waals surface area (Å²) in [5.41, 5.74) is 1.89. The first-order valence-corrected chi connectivity index (χ1v) is 6.27. The molecule has 0 amide bonds. The predicted octanol–water partition coefficient (Wildman–Crippen LogP) is 4.61. The van der Waals surface area contributed by atoms with E-state index in [2.05, 4.69) is 5.32 Å². The molecule has 0 aliphatic rings. The molecule has 2 aromatic rings. The average molecular weight is 282 g/mol. The largest absolute Gasteiger partial charge is 0.497 e. The van der Waals surface area contributed by atoms with Crippen LogP contribution in [-0.4, -0.2) is 7.11 Å². The van der Waals surface area contributed by atoms with Gasteiger partial charge in [-0.05, 0) is 36.4 Å². The monoisotopic (exact) mass is 281 g/mol. The van der Waals surface area contributed by atoms with Crippen molar-refractivity contribution in [3.8, 4) is 5.75 Å². The Balaban J connectivity index is 2.06. The van der Waals surface area contributed by atoms with Gasteiger partial charge in [0, 0.05) is 27.8 Å². The Morgan fingerprint density at radius 2 is 1.61 bits per heavy atom. The van der Waals surface area contributed by atoms with Crippen LogP contribution in [0, 0.1) is 0 Å². The maximum absolute atomic E-state index is 6.10. The first-order chi connectivity index (χ1) is 8.70. The first-order valence-electron chi connectivity index (χ1n) is 5.51. The van der Waals surface area contributed by atoms with Gasteiger partial charge in [0.1, 0.15) is 5.75 Å². The highest BCUT2D eigenvalue weighted by atomic mass is 35.5. The summed E-state index contributed by atoms with van der Waals surface area (Å²) in [4.78, 5) is 0. The lowest BCUT2D eigenvalue weighted by molar-refractivity contribution is 0.415. The third-order valence-corrected chi connectivity index (χ3v) is 3.33. The van der Waals surface area contributed by atoms with Gasteiger partial charge in [-0.15, -0.1) is 0 Å². The highest BCUT2D eigenvalue weighted by Crippen LogP contribution is 2.25. The summed E-state index contributed by atoms with van der Waals surface area (Å²) in [6.07, 6.45) is 0. The minimum Gasteiger partial charge on any atom is -0.497 e. The molecule has 18 heavy (non-hydrogen) atoms. The molecule has 1 N–H and O–H groups in total. The number of halogens is 2. The van der Waals surface area contributed by atoms with E-state index in [1.165, 1.54) is 0 Å². The van der Waals surface area contributed by atoms with Crippen molar-refractivity contribution in [1.82, 2.24) is 0 Å². The van der Waals surface area contributed by atoms with E-state index >= 15 is 0 Å². The van der Waals surface area contributed by atoms with E-state index in [1.54, 1.807) is 7.11 Å². The Morgan fingerprint density at radius 3 is 2.17 bits per heavy atom. The van der Waals surface area contributed by atoms with Crippen molar-refractivity contribution in [3.05, 3.63) is 58.1 Å². The van der Waals surface area contributed by atoms with Gasteiger partial charge in [-0.1, -0.05) is 29.3 Å². The lowest BCUT2D eigenvalue weighted by Crippen LogP contribution is -2.00. The smallest absolute Gasteiger partial charge is 0.119 e. The molecule has 0 fully saturated rings. The maximum atomic E-state index is 6.10. The van der Waals surface area contributed by atoms with Crippen LogP contribution in [0.25, 0.3) is 0 Å². The highest BCUT2D eigenvalue weighted by Gasteiger charge is 2.04. The fourth-order valence-corrected chi connectivity index (χ4v) is 2.13. The Kier molecular flexibility index (Phi) is 4.34. The number of nitrogens with one attached hydrogen (secondary N) is 1. The van der Waals surface area contributed by atoms with Gasteiger partial charge in [0.15, 0.2) is 0 Å². The van der Waals surface area contributed by atoms with E-state index in [0.717, 1.165) is 17.0 Å². The van der Waals surface area contributed by atoms with Gasteiger partial charge in [0.05, 0.1) is 7.11 Å². The fraction of sp³-hybridized carbons (Fsp3) is 0.143. The SMILES string of the molecule is COc1ccc(NCc2c(Cl)cccc2Cl)cc1. The number of hydrogen-bond donors (Lipinski definition) is 1. The van der Waals surface area contributed by atoms with Crippen molar-refractivity contribution in [3.63, 3.8) is 0 Å². The number of methoxy groups -OCH3 is 1. The number of benzene rings is 2. The van der Waals surface area contributed by atoms with Crippen LogP contribution in [0.5, 0.6) is 5.75 Å². The minimum atomic E-state index is 0.588. The van der Waals surface area contributed by atoms with Crippen molar-refractivity contribution in [2.45, 2.75) is 6.54 Å². The van der Waals surface area contributed by atoms with Gasteiger partial charge >= 0.3 is 0 Å². The fourth-order valence-electron chi connectivity index (χ4n) is 1.60. The van der Waals surface area contributed by atoms with Crippen molar-refractivity contribution >= 4 is 28.9 Å². The normalized spacial score (nSPS) is 10.2. The third-order valence-electron chi connectivity index (χ3n) is 2.62. The van der Waals surface area contributed by atoms with Crippen molar-refractivity contribution in [1.29, 1.82) is 0 Å². The summed E-state index contributed by atoms with van der Waals surface area (Å²) in [5, 5.41) is 4.61. The zero-order chi connectivity index (χ0) is 13.0. The van der Waals surface area contributed by atoms with Gasteiger partial charge in [0.2, 0.25) is 0 Å². The summed E-state index contributed by atoms with van der Waals surface area (Å²) in [6, 6.07) is 13.2. The van der Waals surface area contributed by atoms with Crippen LogP contribution in [0.3, 0.4) is 0 Å². The number of ether oxygens (including phenoxy) is 1. The molecular weight excluding hydrogens is 269 g/mol. The zero-order valence-corrected chi connectivity index (χ0v) is 11.4. The molecule has 0 bridgehead atoms. The van der Waals surface area contributed by atoms with Crippen LogP contribution < -0.4 is 10.1 Å². The quantitative estimate of drug-likeness (QED) is 0.883. The Morgan fingerprint density at radius 1 is 1.00 bits per heavy atom. The van der Waals surface area contributed by atoms with E-state index in [1.807, 2.05) is 42.5 Å². The molecule has 0 heterocycles. The molecule has 4 heteroatoms. The first kappa shape index (κ1) is 13.1. The van der Waals surface area contributed by atoms with E-state index in [9.17, 15) is 0 Å². The number of hydrogen-bond acceptors (Lipinski definition) is 2. The molecular formula is C14H13Cl2NO. The molecule has 0 aromatic heterocycles. The van der Waals surface area contributed by atoms with E-state index in [0.29, 0.717) is 16.6 Å². The minimum absolute atomic E-state index is 0.588. The maximum Gasteiger partial charge on any atom is 0.119 e. The van der Waals surface area contributed by atoms with Gasteiger partial charge in [0.25, 0.3) is 0 Å². The molecule has 0 saturated carbocycles. The second kappa shape index (κ2) is 5.98. The van der Waals surface area contributed by atoms with Gasteiger partial charge in [-0.2, -0.15) is 0 Å². The van der Waals surface area contributed by atoms with Gasteiger partial charge in [-0.3, -0.25) is 0 Å². The molecule has 0 atom stereocenters. The molecule has 0 aliphatic heterocycles. The molecule has 0 saturated heterocycles. The molecule has 94 valence electrons. The van der Waals surface area contributed by atoms with Gasteiger partial charge < -0.3 is 10.1 Å². The van der Waals surface area contributed by atoms with E-state index < -0.39 is 0 Å². The molecule has 2 nitrogen and oxygen atoms in total. The standard InChI is InChI=1S/C14H13Cl2NO/c1-18-11-7-5-10(6-8-11)17-9-12-13(15)3-2-4-14(12)16/h2-8,17H,9H2,1H3. The molecule has 2 rings (SSSR count). The summed E-state index contributed by atoms with van der Waals surface area (Å²) in [6.45, 7) is 0.588. The van der Waals surface area contributed by atoms with Crippen molar-refractivity contribution in [2.75, 3.05) is 12.4 Å². The predicted molar refractivity (Wildman–Crippen MR) is 76.8 cm³/mol. The van der Waals surface area contributed by atoms with E-state index in [-0.39, 0.29) is 0 Å². The van der Waals surface area contributed by atoms with Crippen LogP contribution in [-0.2, 0) is 6.54 Å². The second-order valence-electron chi connectivity index (χ2n) is 3.78. The van der Waals surface area contributed by atoms with Crippen LogP contribution in [0.15, 0.2) is 42.5 Å². The lowest BCUT2D eigenvalue weighted by atomic mass is 10.2. The Hall–Kier alpha value is -1.38. The summed E-state index contributed by atoms with van der Waals surface area (Å²) in [7, 11) is 1.64. The Labute approximate surface area is 116 Å². The van der Waals surface area contributed by atoms with E-state index in [4.69, 9.17) is 27.9 Å². The molecule has 0 spiro atoms. The van der Waals surface area contributed by atoms with Crippen molar-refractivity contribution < 1.29 is 4.74 Å². The third kappa shape index (κ3) is 3.09. The topological polar surface area (TPSA) is 21.3 Å². The van der Waals surface area contributed by atoms with Crippen LogP contribution >= 0.6 is 23.2 Å². The molecule has 2 aromatic carbocycles. The number of rotatable bonds is 4. The molecule has 0 aliphatic carbocycles. The average Bonchev–Trinajstić information content (AvgIpc) is 2.39. The second-order valence-corrected chi connectivity index (χ2v) is 4.60. The summed E-state index contributed by atoms with van der Waals surface area (Å²) in [5.74, 6) is 0.830. The Bertz CT molecular complexity index is 506. The van der Waals surface area contributed by atoms with Gasteiger partial charge in [-0.25, -0.2) is 0 Å². The van der Waals surface area contributed by atoms with Crippen LogP contribution in [0.2, 0.25) is 10.0 Å². The lowest BCUT2D eigenvalue weighted by Gasteiger charge is -2.10. The van der Waals surface area contributed by atoms with Crippen LogP contribution in [0.1, 0.15) is 5.56 Å². The number of anilines is 1. The molecule has 0 radical (unpaired) electrons. The highest BCUT2D eigenvalue weighted by molar-refractivity contribution is 6.36. The summed E-state index contributed by atoms with van der Waals surface area (Å²) < 4.78 is 5.10. The van der Waals surface area contributed by atoms with Crippen LogP contribution in [0.4, 0.5) is 5.69 Å². The van der Waals surface area contributed by atoms with Crippen molar-refractivity contribution in [2.24, 2.45) is 0 Å². The zero-order valence-electron chi connectivity index (χ0n) is 9.91.